The molecule has 4 heteroatoms. The number of nitrogens with zero attached hydrogens (tertiary/aromatic N) is 2. The van der Waals surface area contributed by atoms with Crippen LogP contribution in [0.1, 0.15) is 12.5 Å². The van der Waals surface area contributed by atoms with E-state index in [1.165, 1.54) is 5.56 Å². The maximum atomic E-state index is 12.3. The van der Waals surface area contributed by atoms with Crippen LogP contribution in [-0.4, -0.2) is 43.5 Å². The molecule has 0 fully saturated rings. The van der Waals surface area contributed by atoms with E-state index in [0.29, 0.717) is 13.1 Å². The first kappa shape index (κ1) is 13.1. The molecular formula is C14H21N3O. The molecular weight excluding hydrogens is 226 g/mol. The van der Waals surface area contributed by atoms with Gasteiger partial charge in [0.2, 0.25) is 5.91 Å². The van der Waals surface area contributed by atoms with Gasteiger partial charge in [-0.15, -0.1) is 0 Å². The van der Waals surface area contributed by atoms with Gasteiger partial charge in [0.15, 0.2) is 0 Å². The summed E-state index contributed by atoms with van der Waals surface area (Å²) in [7, 11) is 1.93. The largest absolute Gasteiger partial charge is 0.329 e. The molecule has 0 radical (unpaired) electrons. The van der Waals surface area contributed by atoms with Gasteiger partial charge >= 0.3 is 0 Å². The maximum Gasteiger partial charge on any atom is 0.241 e. The number of carbonyl (C=O) groups excluding carboxylic acids is 1. The second-order valence-electron chi connectivity index (χ2n) is 4.97. The summed E-state index contributed by atoms with van der Waals surface area (Å²) < 4.78 is 0. The van der Waals surface area contributed by atoms with Crippen molar-refractivity contribution in [1.82, 2.24) is 4.90 Å². The van der Waals surface area contributed by atoms with E-state index >= 15 is 0 Å². The topological polar surface area (TPSA) is 49.6 Å². The highest BCUT2D eigenvalue weighted by Gasteiger charge is 2.30. The van der Waals surface area contributed by atoms with Gasteiger partial charge < -0.3 is 10.6 Å². The quantitative estimate of drug-likeness (QED) is 0.858. The van der Waals surface area contributed by atoms with Crippen molar-refractivity contribution < 1.29 is 4.79 Å². The number of nitrogens with two attached hydrogens (primary N) is 1. The van der Waals surface area contributed by atoms with E-state index in [1.54, 1.807) is 0 Å². The fourth-order valence-electron chi connectivity index (χ4n) is 2.55. The fourth-order valence-corrected chi connectivity index (χ4v) is 2.55. The molecule has 0 bridgehead atoms. The van der Waals surface area contributed by atoms with E-state index in [-0.39, 0.29) is 11.9 Å². The summed E-state index contributed by atoms with van der Waals surface area (Å²) in [6.07, 6.45) is 0.947. The summed E-state index contributed by atoms with van der Waals surface area (Å²) in [6.45, 7) is 3.85. The zero-order valence-electron chi connectivity index (χ0n) is 11.1. The number of hydrogen-bond donors (Lipinski definition) is 1. The van der Waals surface area contributed by atoms with Crippen LogP contribution in [0.2, 0.25) is 0 Å². The van der Waals surface area contributed by atoms with Crippen molar-refractivity contribution in [2.24, 2.45) is 5.73 Å². The van der Waals surface area contributed by atoms with Crippen LogP contribution in [0.3, 0.4) is 0 Å². The van der Waals surface area contributed by atoms with Crippen molar-refractivity contribution in [3.05, 3.63) is 29.8 Å². The lowest BCUT2D eigenvalue weighted by atomic mass is 10.1. The van der Waals surface area contributed by atoms with Gasteiger partial charge in [0.1, 0.15) is 0 Å². The number of para-hydroxylation sites is 1. The lowest BCUT2D eigenvalue weighted by molar-refractivity contribution is -0.119. The Morgan fingerprint density at radius 2 is 2.22 bits per heavy atom. The van der Waals surface area contributed by atoms with Gasteiger partial charge in [-0.2, -0.15) is 0 Å². The molecule has 18 heavy (non-hydrogen) atoms. The van der Waals surface area contributed by atoms with E-state index in [0.717, 1.165) is 18.7 Å². The standard InChI is InChI=1S/C14H21N3O/c1-11-9-12-5-3-4-6-13(12)17(11)14(18)10-16(2)8-7-15/h3-6,11H,7-10,15H2,1-2H3. The van der Waals surface area contributed by atoms with Crippen LogP contribution < -0.4 is 10.6 Å². The van der Waals surface area contributed by atoms with Crippen LogP contribution in [0, 0.1) is 0 Å². The number of fused-ring (bicyclic) bond motifs is 1. The minimum atomic E-state index is 0.156. The van der Waals surface area contributed by atoms with Crippen LogP contribution in [0.25, 0.3) is 0 Å². The highest BCUT2D eigenvalue weighted by atomic mass is 16.2. The van der Waals surface area contributed by atoms with Gasteiger partial charge in [0.05, 0.1) is 6.54 Å². The molecule has 0 aliphatic carbocycles. The van der Waals surface area contributed by atoms with Gasteiger partial charge in [0, 0.05) is 24.8 Å². The number of likely N-dealkylation sites (N-methyl/N-ethyl adjacent to an activating group) is 1. The van der Waals surface area contributed by atoms with E-state index in [9.17, 15) is 4.79 Å². The molecule has 1 heterocycles. The predicted molar refractivity (Wildman–Crippen MR) is 73.6 cm³/mol. The SMILES string of the molecule is CC1Cc2ccccc2N1C(=O)CN(C)CCN. The minimum Gasteiger partial charge on any atom is -0.329 e. The van der Waals surface area contributed by atoms with Crippen molar-refractivity contribution in [3.8, 4) is 0 Å². The highest BCUT2D eigenvalue weighted by Crippen LogP contribution is 2.31. The van der Waals surface area contributed by atoms with E-state index in [2.05, 4.69) is 13.0 Å². The summed E-state index contributed by atoms with van der Waals surface area (Å²) in [5, 5.41) is 0. The lowest BCUT2D eigenvalue weighted by Crippen LogP contribution is -2.43. The normalized spacial score (nSPS) is 18.2. The summed E-state index contributed by atoms with van der Waals surface area (Å²) in [4.78, 5) is 16.2. The molecule has 0 saturated carbocycles. The first-order valence-electron chi connectivity index (χ1n) is 6.42. The Balaban J connectivity index is 2.11. The van der Waals surface area contributed by atoms with Crippen molar-refractivity contribution >= 4 is 11.6 Å². The highest BCUT2D eigenvalue weighted by molar-refractivity contribution is 5.97. The Morgan fingerprint density at radius 1 is 1.50 bits per heavy atom. The number of anilines is 1. The Hall–Kier alpha value is -1.39. The van der Waals surface area contributed by atoms with Crippen molar-refractivity contribution in [2.45, 2.75) is 19.4 Å². The Labute approximate surface area is 108 Å². The van der Waals surface area contributed by atoms with Crippen LogP contribution in [-0.2, 0) is 11.2 Å². The summed E-state index contributed by atoms with van der Waals surface area (Å²) in [6, 6.07) is 8.39. The molecule has 0 spiro atoms. The molecule has 0 saturated heterocycles. The van der Waals surface area contributed by atoms with Gasteiger partial charge in [-0.05, 0) is 32.0 Å². The monoisotopic (exact) mass is 247 g/mol. The van der Waals surface area contributed by atoms with Crippen molar-refractivity contribution in [3.63, 3.8) is 0 Å². The van der Waals surface area contributed by atoms with Crippen LogP contribution in [0.5, 0.6) is 0 Å². The molecule has 98 valence electrons. The summed E-state index contributed by atoms with van der Waals surface area (Å²) in [5.41, 5.74) is 7.83. The molecule has 2 N–H and O–H groups in total. The lowest BCUT2D eigenvalue weighted by Gasteiger charge is -2.25. The smallest absolute Gasteiger partial charge is 0.241 e. The Kier molecular flexibility index (Phi) is 3.99. The second-order valence-corrected chi connectivity index (χ2v) is 4.97. The van der Waals surface area contributed by atoms with Gasteiger partial charge in [-0.1, -0.05) is 18.2 Å². The second kappa shape index (κ2) is 5.50. The van der Waals surface area contributed by atoms with Gasteiger partial charge in [0.25, 0.3) is 0 Å². The Morgan fingerprint density at radius 3 is 2.94 bits per heavy atom. The van der Waals surface area contributed by atoms with E-state index in [1.807, 2.05) is 35.0 Å². The third-order valence-corrected chi connectivity index (χ3v) is 3.39. The molecule has 2 rings (SSSR count). The molecule has 1 unspecified atom stereocenters. The zero-order valence-corrected chi connectivity index (χ0v) is 11.1. The van der Waals surface area contributed by atoms with E-state index < -0.39 is 0 Å². The number of benzene rings is 1. The summed E-state index contributed by atoms with van der Waals surface area (Å²) in [5.74, 6) is 0.156. The number of hydrogen-bond acceptors (Lipinski definition) is 3. The number of carbonyl (C=O) groups is 1. The molecule has 4 nitrogen and oxygen atoms in total. The third-order valence-electron chi connectivity index (χ3n) is 3.39. The summed E-state index contributed by atoms with van der Waals surface area (Å²) >= 11 is 0. The molecule has 1 aliphatic heterocycles. The Bertz CT molecular complexity index is 433. The fraction of sp³-hybridized carbons (Fsp3) is 0.500. The average Bonchev–Trinajstić information content (AvgIpc) is 2.64. The first-order chi connectivity index (χ1) is 8.63. The molecule has 1 aromatic carbocycles. The number of rotatable bonds is 4. The van der Waals surface area contributed by atoms with Crippen molar-refractivity contribution in [2.75, 3.05) is 31.6 Å². The van der Waals surface area contributed by atoms with Crippen LogP contribution in [0.4, 0.5) is 5.69 Å². The van der Waals surface area contributed by atoms with Crippen LogP contribution in [0.15, 0.2) is 24.3 Å². The van der Waals surface area contributed by atoms with Crippen molar-refractivity contribution in [1.29, 1.82) is 0 Å². The average molecular weight is 247 g/mol. The van der Waals surface area contributed by atoms with Gasteiger partial charge in [-0.3, -0.25) is 9.69 Å². The maximum absolute atomic E-state index is 12.3. The predicted octanol–water partition coefficient (Wildman–Crippen LogP) is 0.855. The minimum absolute atomic E-state index is 0.156. The molecule has 1 aromatic rings. The molecule has 1 amide bonds. The van der Waals surface area contributed by atoms with Gasteiger partial charge in [-0.25, -0.2) is 0 Å². The van der Waals surface area contributed by atoms with E-state index in [4.69, 9.17) is 5.73 Å². The molecule has 1 aliphatic rings. The number of amides is 1. The zero-order chi connectivity index (χ0) is 13.1. The van der Waals surface area contributed by atoms with Crippen LogP contribution >= 0.6 is 0 Å². The molecule has 0 aromatic heterocycles. The first-order valence-corrected chi connectivity index (χ1v) is 6.42. The third kappa shape index (κ3) is 2.54. The molecule has 1 atom stereocenters.